The van der Waals surface area contributed by atoms with Crippen molar-refractivity contribution in [3.05, 3.63) is 60.8 Å². The van der Waals surface area contributed by atoms with Crippen LogP contribution in [-0.2, 0) is 6.18 Å². The van der Waals surface area contributed by atoms with E-state index in [1.165, 1.54) is 12.4 Å². The first-order valence-electron chi connectivity index (χ1n) is 6.18. The summed E-state index contributed by atoms with van der Waals surface area (Å²) in [7, 11) is 0. The molecule has 0 unspecified atom stereocenters. The summed E-state index contributed by atoms with van der Waals surface area (Å²) < 4.78 is 44.3. The Bertz CT molecular complexity index is 737. The van der Waals surface area contributed by atoms with Crippen LogP contribution in [0.4, 0.5) is 13.2 Å². The zero-order valence-electron chi connectivity index (χ0n) is 11.0. The highest BCUT2D eigenvalue weighted by atomic mass is 19.4. The van der Waals surface area contributed by atoms with Gasteiger partial charge in [0.05, 0.1) is 11.3 Å². The van der Waals surface area contributed by atoms with Crippen LogP contribution in [0.15, 0.2) is 55.2 Å². The van der Waals surface area contributed by atoms with Crippen LogP contribution in [0.2, 0.25) is 0 Å². The maximum atomic E-state index is 12.4. The van der Waals surface area contributed by atoms with Gasteiger partial charge in [-0.2, -0.15) is 18.3 Å². The Morgan fingerprint density at radius 2 is 1.77 bits per heavy atom. The Balaban J connectivity index is 1.73. The van der Waals surface area contributed by atoms with Crippen molar-refractivity contribution in [2.45, 2.75) is 6.18 Å². The zero-order chi connectivity index (χ0) is 15.6. The second-order valence-corrected chi connectivity index (χ2v) is 4.32. The number of pyridine rings is 1. The third-order valence-corrected chi connectivity index (χ3v) is 2.81. The summed E-state index contributed by atoms with van der Waals surface area (Å²) in [6.07, 6.45) is -0.714. The van der Waals surface area contributed by atoms with Gasteiger partial charge in [-0.05, 0) is 30.3 Å². The van der Waals surface area contributed by atoms with E-state index < -0.39 is 11.7 Å². The van der Waals surface area contributed by atoms with Crippen molar-refractivity contribution in [1.82, 2.24) is 19.7 Å². The molecule has 0 bridgehead atoms. The van der Waals surface area contributed by atoms with Crippen molar-refractivity contribution in [2.24, 2.45) is 0 Å². The Morgan fingerprint density at radius 3 is 2.32 bits per heavy atom. The van der Waals surface area contributed by atoms with Crippen molar-refractivity contribution in [3.8, 4) is 17.3 Å². The molecule has 1 aromatic carbocycles. The largest absolute Gasteiger partial charge is 0.439 e. The first-order valence-corrected chi connectivity index (χ1v) is 6.18. The van der Waals surface area contributed by atoms with Crippen molar-refractivity contribution < 1.29 is 17.9 Å². The molecule has 0 radical (unpaired) electrons. The fourth-order valence-corrected chi connectivity index (χ4v) is 1.74. The van der Waals surface area contributed by atoms with Gasteiger partial charge in [0.2, 0.25) is 5.88 Å². The summed E-state index contributed by atoms with van der Waals surface area (Å²) in [6, 6.07) is 8.91. The summed E-state index contributed by atoms with van der Waals surface area (Å²) in [6.45, 7) is 0. The second-order valence-electron chi connectivity index (χ2n) is 4.32. The first kappa shape index (κ1) is 14.1. The molecule has 112 valence electrons. The van der Waals surface area contributed by atoms with Crippen LogP contribution in [0.3, 0.4) is 0 Å². The molecule has 22 heavy (non-hydrogen) atoms. The van der Waals surface area contributed by atoms with Gasteiger partial charge in [-0.3, -0.25) is 0 Å². The van der Waals surface area contributed by atoms with E-state index in [9.17, 15) is 13.2 Å². The number of nitrogens with zero attached hydrogens (tertiary/aromatic N) is 4. The number of aromatic nitrogens is 4. The van der Waals surface area contributed by atoms with E-state index in [0.717, 1.165) is 18.0 Å². The lowest BCUT2D eigenvalue weighted by Gasteiger charge is -2.08. The standard InChI is InChI=1S/C14H9F3N4O/c15-14(16,17)10-1-6-13(19-7-10)22-12-4-2-11(3-5-12)21-9-18-8-20-21/h1-9H. The monoisotopic (exact) mass is 306 g/mol. The van der Waals surface area contributed by atoms with Gasteiger partial charge in [0.15, 0.2) is 0 Å². The average molecular weight is 306 g/mol. The highest BCUT2D eigenvalue weighted by molar-refractivity contribution is 5.37. The van der Waals surface area contributed by atoms with Gasteiger partial charge in [0, 0.05) is 12.3 Å². The molecule has 0 saturated carbocycles. The summed E-state index contributed by atoms with van der Waals surface area (Å²) >= 11 is 0. The molecule has 0 atom stereocenters. The summed E-state index contributed by atoms with van der Waals surface area (Å²) in [5.74, 6) is 0.539. The fourth-order valence-electron chi connectivity index (χ4n) is 1.74. The molecule has 0 aliphatic heterocycles. The van der Waals surface area contributed by atoms with Gasteiger partial charge in [-0.25, -0.2) is 14.6 Å². The number of alkyl halides is 3. The lowest BCUT2D eigenvalue weighted by atomic mass is 10.3. The number of ether oxygens (including phenoxy) is 1. The summed E-state index contributed by atoms with van der Waals surface area (Å²) in [5, 5.41) is 3.98. The number of halogens is 3. The lowest BCUT2D eigenvalue weighted by molar-refractivity contribution is -0.137. The number of hydrogen-bond acceptors (Lipinski definition) is 4. The van der Waals surface area contributed by atoms with Gasteiger partial charge in [-0.1, -0.05) is 0 Å². The molecule has 2 aromatic heterocycles. The lowest BCUT2D eigenvalue weighted by Crippen LogP contribution is -2.05. The summed E-state index contributed by atoms with van der Waals surface area (Å²) in [4.78, 5) is 7.48. The highest BCUT2D eigenvalue weighted by Crippen LogP contribution is 2.30. The number of hydrogen-bond donors (Lipinski definition) is 0. The smallest absolute Gasteiger partial charge is 0.417 e. The molecule has 0 fully saturated rings. The maximum Gasteiger partial charge on any atom is 0.417 e. The minimum atomic E-state index is -4.41. The van der Waals surface area contributed by atoms with Crippen molar-refractivity contribution in [2.75, 3.05) is 0 Å². The quantitative estimate of drug-likeness (QED) is 0.743. The van der Waals surface area contributed by atoms with Gasteiger partial charge in [0.1, 0.15) is 18.4 Å². The Kier molecular flexibility index (Phi) is 3.50. The van der Waals surface area contributed by atoms with Gasteiger partial charge < -0.3 is 4.74 Å². The topological polar surface area (TPSA) is 52.8 Å². The van der Waals surface area contributed by atoms with E-state index in [1.807, 2.05) is 0 Å². The fraction of sp³-hybridized carbons (Fsp3) is 0.0714. The SMILES string of the molecule is FC(F)(F)c1ccc(Oc2ccc(-n3cncn3)cc2)nc1. The molecule has 0 saturated heterocycles. The van der Waals surface area contributed by atoms with E-state index >= 15 is 0 Å². The molecule has 2 heterocycles. The Hall–Kier alpha value is -2.90. The molecule has 0 aliphatic rings. The van der Waals surface area contributed by atoms with Crippen molar-refractivity contribution in [3.63, 3.8) is 0 Å². The van der Waals surface area contributed by atoms with Crippen molar-refractivity contribution in [1.29, 1.82) is 0 Å². The number of benzene rings is 1. The maximum absolute atomic E-state index is 12.4. The van der Waals surface area contributed by atoms with Crippen LogP contribution in [0, 0.1) is 0 Å². The Morgan fingerprint density at radius 1 is 1.00 bits per heavy atom. The van der Waals surface area contributed by atoms with E-state index in [-0.39, 0.29) is 5.88 Å². The molecular formula is C14H9F3N4O. The molecule has 3 rings (SSSR count). The average Bonchev–Trinajstić information content (AvgIpc) is 3.02. The normalized spacial score (nSPS) is 11.4. The number of rotatable bonds is 3. The predicted octanol–water partition coefficient (Wildman–Crippen LogP) is 3.47. The van der Waals surface area contributed by atoms with Crippen molar-refractivity contribution >= 4 is 0 Å². The molecule has 0 amide bonds. The van der Waals surface area contributed by atoms with Gasteiger partial charge in [-0.15, -0.1) is 0 Å². The van der Waals surface area contributed by atoms with Crippen LogP contribution >= 0.6 is 0 Å². The Labute approximate surface area is 123 Å². The zero-order valence-corrected chi connectivity index (χ0v) is 11.0. The van der Waals surface area contributed by atoms with E-state index in [0.29, 0.717) is 5.75 Å². The molecule has 0 spiro atoms. The highest BCUT2D eigenvalue weighted by Gasteiger charge is 2.30. The van der Waals surface area contributed by atoms with Gasteiger partial charge in [0.25, 0.3) is 0 Å². The van der Waals surface area contributed by atoms with Crippen LogP contribution in [0.5, 0.6) is 11.6 Å². The molecule has 3 aromatic rings. The summed E-state index contributed by atoms with van der Waals surface area (Å²) in [5.41, 5.74) is -0.0355. The van der Waals surface area contributed by atoms with E-state index in [1.54, 1.807) is 35.3 Å². The molecule has 0 N–H and O–H groups in total. The van der Waals surface area contributed by atoms with Crippen LogP contribution in [-0.4, -0.2) is 19.7 Å². The van der Waals surface area contributed by atoms with E-state index in [4.69, 9.17) is 4.74 Å². The van der Waals surface area contributed by atoms with Crippen LogP contribution in [0.25, 0.3) is 5.69 Å². The predicted molar refractivity (Wildman–Crippen MR) is 70.7 cm³/mol. The minimum absolute atomic E-state index is 0.0847. The van der Waals surface area contributed by atoms with Crippen LogP contribution < -0.4 is 4.74 Å². The minimum Gasteiger partial charge on any atom is -0.439 e. The molecule has 5 nitrogen and oxygen atoms in total. The third-order valence-electron chi connectivity index (χ3n) is 2.81. The van der Waals surface area contributed by atoms with Gasteiger partial charge >= 0.3 is 6.18 Å². The molecular weight excluding hydrogens is 297 g/mol. The molecule has 0 aliphatic carbocycles. The molecule has 8 heteroatoms. The van der Waals surface area contributed by atoms with Crippen LogP contribution in [0.1, 0.15) is 5.56 Å². The first-order chi connectivity index (χ1) is 10.5. The second kappa shape index (κ2) is 5.47. The van der Waals surface area contributed by atoms with E-state index in [2.05, 4.69) is 15.1 Å². The third kappa shape index (κ3) is 3.05.